The summed E-state index contributed by atoms with van der Waals surface area (Å²) in [6, 6.07) is 14.5. The Morgan fingerprint density at radius 2 is 1.90 bits per heavy atom. The molecule has 0 aliphatic carbocycles. The van der Waals surface area contributed by atoms with Gasteiger partial charge in [-0.25, -0.2) is 9.97 Å². The number of nitrogens with zero attached hydrogens (tertiary/aromatic N) is 4. The standard InChI is InChI=1S/C24H28N4O2/c29-22(11-10-18-6-2-1-3-7-18)27-15-12-19(13-16-27)28-23-20(8-4-14-25-23)26-24(28)21-9-5-17-30-21/h1-4,6-8,14,19,21H,5,9-13,15-17H2. The Kier molecular flexibility index (Phi) is 5.49. The topological polar surface area (TPSA) is 60.2 Å². The minimum Gasteiger partial charge on any atom is -0.370 e. The number of imidazole rings is 1. The van der Waals surface area contributed by atoms with E-state index in [1.165, 1.54) is 5.56 Å². The first kappa shape index (κ1) is 19.2. The first-order valence-electron chi connectivity index (χ1n) is 11.1. The monoisotopic (exact) mass is 404 g/mol. The van der Waals surface area contributed by atoms with Gasteiger partial charge in [0, 0.05) is 38.4 Å². The summed E-state index contributed by atoms with van der Waals surface area (Å²) >= 11 is 0. The number of amides is 1. The van der Waals surface area contributed by atoms with Crippen molar-refractivity contribution in [2.75, 3.05) is 19.7 Å². The molecule has 0 bridgehead atoms. The Morgan fingerprint density at radius 3 is 2.67 bits per heavy atom. The molecule has 5 rings (SSSR count). The molecule has 4 heterocycles. The maximum atomic E-state index is 12.7. The van der Waals surface area contributed by atoms with Crippen LogP contribution in [0.4, 0.5) is 0 Å². The van der Waals surface area contributed by atoms with E-state index in [-0.39, 0.29) is 12.0 Å². The van der Waals surface area contributed by atoms with Gasteiger partial charge in [-0.15, -0.1) is 0 Å². The van der Waals surface area contributed by atoms with Crippen LogP contribution >= 0.6 is 0 Å². The Balaban J connectivity index is 1.28. The lowest BCUT2D eigenvalue weighted by Crippen LogP contribution is -2.39. The molecule has 3 aromatic rings. The van der Waals surface area contributed by atoms with Gasteiger partial charge in [0.2, 0.25) is 5.91 Å². The van der Waals surface area contributed by atoms with Gasteiger partial charge in [-0.1, -0.05) is 30.3 Å². The summed E-state index contributed by atoms with van der Waals surface area (Å²) in [5.41, 5.74) is 3.10. The van der Waals surface area contributed by atoms with Gasteiger partial charge in [0.25, 0.3) is 0 Å². The Morgan fingerprint density at radius 1 is 1.07 bits per heavy atom. The van der Waals surface area contributed by atoms with Crippen LogP contribution in [0.1, 0.15) is 55.6 Å². The van der Waals surface area contributed by atoms with Crippen molar-refractivity contribution in [2.24, 2.45) is 0 Å². The van der Waals surface area contributed by atoms with E-state index in [1.54, 1.807) is 0 Å². The highest BCUT2D eigenvalue weighted by molar-refractivity contribution is 5.76. The molecule has 156 valence electrons. The number of aromatic nitrogens is 3. The Labute approximate surface area is 176 Å². The number of piperidine rings is 1. The number of pyridine rings is 1. The van der Waals surface area contributed by atoms with E-state index in [0.717, 1.165) is 68.8 Å². The molecule has 2 saturated heterocycles. The molecular formula is C24H28N4O2. The van der Waals surface area contributed by atoms with Crippen molar-refractivity contribution in [3.8, 4) is 0 Å². The highest BCUT2D eigenvalue weighted by atomic mass is 16.5. The van der Waals surface area contributed by atoms with Crippen molar-refractivity contribution in [1.29, 1.82) is 0 Å². The van der Waals surface area contributed by atoms with Crippen molar-refractivity contribution < 1.29 is 9.53 Å². The molecule has 2 aliphatic heterocycles. The van der Waals surface area contributed by atoms with E-state index in [1.807, 2.05) is 41.4 Å². The Hall–Kier alpha value is -2.73. The van der Waals surface area contributed by atoms with Crippen LogP contribution in [0.3, 0.4) is 0 Å². The highest BCUT2D eigenvalue weighted by Crippen LogP contribution is 2.35. The normalized spacial score (nSPS) is 20.1. The van der Waals surface area contributed by atoms with E-state index in [2.05, 4.69) is 21.7 Å². The fraction of sp³-hybridized carbons (Fsp3) is 0.458. The lowest BCUT2D eigenvalue weighted by molar-refractivity contribution is -0.132. The maximum Gasteiger partial charge on any atom is 0.222 e. The fourth-order valence-electron chi connectivity index (χ4n) is 4.74. The third-order valence-corrected chi connectivity index (χ3v) is 6.35. The summed E-state index contributed by atoms with van der Waals surface area (Å²) in [5.74, 6) is 1.26. The second-order valence-corrected chi connectivity index (χ2v) is 8.29. The minimum absolute atomic E-state index is 0.0599. The molecule has 0 saturated carbocycles. The second kappa shape index (κ2) is 8.56. The van der Waals surface area contributed by atoms with Gasteiger partial charge < -0.3 is 14.2 Å². The molecule has 0 N–H and O–H groups in total. The lowest BCUT2D eigenvalue weighted by Gasteiger charge is -2.34. The molecule has 1 amide bonds. The van der Waals surface area contributed by atoms with Crippen LogP contribution < -0.4 is 0 Å². The van der Waals surface area contributed by atoms with Crippen molar-refractivity contribution in [2.45, 2.75) is 50.7 Å². The summed E-state index contributed by atoms with van der Waals surface area (Å²) in [7, 11) is 0. The van der Waals surface area contributed by atoms with Gasteiger partial charge in [-0.05, 0) is 49.8 Å². The van der Waals surface area contributed by atoms with Gasteiger partial charge in [0.15, 0.2) is 5.65 Å². The zero-order chi connectivity index (χ0) is 20.3. The average Bonchev–Trinajstić information content (AvgIpc) is 3.46. The maximum absolute atomic E-state index is 12.7. The summed E-state index contributed by atoms with van der Waals surface area (Å²) in [4.78, 5) is 24.3. The number of hydrogen-bond donors (Lipinski definition) is 0. The molecule has 6 nitrogen and oxygen atoms in total. The molecular weight excluding hydrogens is 376 g/mol. The predicted molar refractivity (Wildman–Crippen MR) is 115 cm³/mol. The van der Waals surface area contributed by atoms with Crippen molar-refractivity contribution >= 4 is 17.1 Å². The third kappa shape index (κ3) is 3.84. The number of carbonyl (C=O) groups excluding carboxylic acids is 1. The van der Waals surface area contributed by atoms with Crippen LogP contribution in [0.2, 0.25) is 0 Å². The smallest absolute Gasteiger partial charge is 0.222 e. The van der Waals surface area contributed by atoms with Crippen LogP contribution in [0, 0.1) is 0 Å². The van der Waals surface area contributed by atoms with Crippen LogP contribution in [0.25, 0.3) is 11.2 Å². The number of fused-ring (bicyclic) bond motifs is 1. The zero-order valence-electron chi connectivity index (χ0n) is 17.2. The number of benzene rings is 1. The molecule has 1 aromatic carbocycles. The summed E-state index contributed by atoms with van der Waals surface area (Å²) in [6.07, 6.45) is 7.23. The SMILES string of the molecule is O=C(CCc1ccccc1)N1CCC(n2c(C3CCCO3)nc3cccnc32)CC1. The highest BCUT2D eigenvalue weighted by Gasteiger charge is 2.31. The quantitative estimate of drug-likeness (QED) is 0.643. The molecule has 6 heteroatoms. The summed E-state index contributed by atoms with van der Waals surface area (Å²) in [5, 5.41) is 0. The number of aryl methyl sites for hydroxylation is 1. The molecule has 0 radical (unpaired) electrons. The van der Waals surface area contributed by atoms with Gasteiger partial charge in [-0.3, -0.25) is 4.79 Å². The molecule has 30 heavy (non-hydrogen) atoms. The van der Waals surface area contributed by atoms with Crippen molar-refractivity contribution in [3.05, 3.63) is 60.0 Å². The largest absolute Gasteiger partial charge is 0.370 e. The first-order chi connectivity index (χ1) is 14.8. The summed E-state index contributed by atoms with van der Waals surface area (Å²) < 4.78 is 8.26. The van der Waals surface area contributed by atoms with Gasteiger partial charge >= 0.3 is 0 Å². The molecule has 2 fully saturated rings. The molecule has 1 unspecified atom stereocenters. The predicted octanol–water partition coefficient (Wildman–Crippen LogP) is 4.08. The van der Waals surface area contributed by atoms with Gasteiger partial charge in [0.1, 0.15) is 17.4 Å². The number of ether oxygens (including phenoxy) is 1. The number of hydrogen-bond acceptors (Lipinski definition) is 4. The van der Waals surface area contributed by atoms with E-state index in [9.17, 15) is 4.79 Å². The van der Waals surface area contributed by atoms with Crippen LogP contribution in [-0.2, 0) is 16.0 Å². The zero-order valence-corrected chi connectivity index (χ0v) is 17.2. The van der Waals surface area contributed by atoms with E-state index in [4.69, 9.17) is 9.72 Å². The second-order valence-electron chi connectivity index (χ2n) is 8.29. The minimum atomic E-state index is 0.0599. The van der Waals surface area contributed by atoms with Crippen LogP contribution in [0.5, 0.6) is 0 Å². The van der Waals surface area contributed by atoms with Crippen molar-refractivity contribution in [3.63, 3.8) is 0 Å². The van der Waals surface area contributed by atoms with E-state index >= 15 is 0 Å². The summed E-state index contributed by atoms with van der Waals surface area (Å²) in [6.45, 7) is 2.38. The molecule has 2 aliphatic rings. The van der Waals surface area contributed by atoms with Crippen LogP contribution in [0.15, 0.2) is 48.7 Å². The van der Waals surface area contributed by atoms with Gasteiger partial charge in [0.05, 0.1) is 0 Å². The average molecular weight is 405 g/mol. The van der Waals surface area contributed by atoms with Crippen molar-refractivity contribution in [1.82, 2.24) is 19.4 Å². The number of likely N-dealkylation sites (tertiary alicyclic amines) is 1. The van der Waals surface area contributed by atoms with Gasteiger partial charge in [-0.2, -0.15) is 0 Å². The first-order valence-corrected chi connectivity index (χ1v) is 11.1. The third-order valence-electron chi connectivity index (χ3n) is 6.35. The number of carbonyl (C=O) groups is 1. The van der Waals surface area contributed by atoms with E-state index in [0.29, 0.717) is 12.5 Å². The Bertz CT molecular complexity index is 1000. The molecule has 1 atom stereocenters. The molecule has 0 spiro atoms. The lowest BCUT2D eigenvalue weighted by atomic mass is 10.0. The molecule has 2 aromatic heterocycles. The number of rotatable bonds is 5. The fourth-order valence-corrected chi connectivity index (χ4v) is 4.74. The van der Waals surface area contributed by atoms with Crippen LogP contribution in [-0.4, -0.2) is 45.0 Å². The van der Waals surface area contributed by atoms with E-state index < -0.39 is 0 Å².